The van der Waals surface area contributed by atoms with E-state index in [-0.39, 0.29) is 30.0 Å². The fourth-order valence-electron chi connectivity index (χ4n) is 4.80. The zero-order valence-electron chi connectivity index (χ0n) is 22.6. The molecule has 1 aliphatic carbocycles. The summed E-state index contributed by atoms with van der Waals surface area (Å²) >= 11 is 0. The number of carbonyl (C=O) groups excluding carboxylic acids is 1. The molecule has 2 aromatic rings. The van der Waals surface area contributed by atoms with Gasteiger partial charge in [-0.1, -0.05) is 12.2 Å². The number of urea groups is 1. The number of rotatable bonds is 7. The van der Waals surface area contributed by atoms with E-state index >= 15 is 0 Å². The fourth-order valence-corrected chi connectivity index (χ4v) is 4.80. The Balaban J connectivity index is 0.000000352. The monoisotopic (exact) mass is 573 g/mol. The highest BCUT2D eigenvalue weighted by atomic mass is 19.1. The van der Waals surface area contributed by atoms with Gasteiger partial charge >= 0.3 is 18.0 Å². The minimum absolute atomic E-state index is 0.0214. The number of nitro groups is 1. The number of nitro benzene ring substituents is 1. The highest BCUT2D eigenvalue weighted by Gasteiger charge is 2.50. The van der Waals surface area contributed by atoms with E-state index < -0.39 is 45.2 Å². The van der Waals surface area contributed by atoms with Gasteiger partial charge in [0.15, 0.2) is 11.6 Å². The molecule has 14 heteroatoms. The van der Waals surface area contributed by atoms with Gasteiger partial charge in [-0.15, -0.1) is 0 Å². The molecular weight excluding hydrogens is 541 g/mol. The first kappa shape index (κ1) is 30.9. The maximum absolute atomic E-state index is 14.1. The van der Waals surface area contributed by atoms with E-state index in [1.807, 2.05) is 0 Å². The summed E-state index contributed by atoms with van der Waals surface area (Å²) in [7, 11) is 2.08. The van der Waals surface area contributed by atoms with E-state index in [9.17, 15) is 39.1 Å². The Morgan fingerprint density at radius 3 is 2.44 bits per heavy atom. The van der Waals surface area contributed by atoms with Gasteiger partial charge in [-0.3, -0.25) is 24.7 Å². The Kier molecular flexibility index (Phi) is 9.60. The number of pyridine rings is 1. The first-order valence-electron chi connectivity index (χ1n) is 12.7. The van der Waals surface area contributed by atoms with E-state index in [4.69, 9.17) is 10.5 Å². The molecule has 2 unspecified atom stereocenters. The predicted octanol–water partition coefficient (Wildman–Crippen LogP) is 3.43. The minimum Gasteiger partial charge on any atom is -0.481 e. The number of nitrogens with one attached hydrogen (secondary N) is 1. The number of carboxylic acid groups (broad SMARTS) is 2. The first-order chi connectivity index (χ1) is 19.3. The smallest absolute Gasteiger partial charge is 0.316 e. The van der Waals surface area contributed by atoms with Crippen LogP contribution in [-0.2, 0) is 15.0 Å². The topological polar surface area (TPSA) is 198 Å². The Morgan fingerprint density at radius 2 is 1.88 bits per heavy atom. The lowest BCUT2D eigenvalue weighted by Crippen LogP contribution is -2.45. The molecule has 2 atom stereocenters. The number of primary amides is 1. The van der Waals surface area contributed by atoms with Crippen molar-refractivity contribution in [2.75, 3.05) is 20.1 Å². The van der Waals surface area contributed by atoms with E-state index in [2.05, 4.69) is 22.2 Å². The third-order valence-electron chi connectivity index (χ3n) is 7.16. The van der Waals surface area contributed by atoms with Crippen LogP contribution in [0.1, 0.15) is 38.3 Å². The number of nitrogens with two attached hydrogens (primary N) is 1. The van der Waals surface area contributed by atoms with Crippen LogP contribution in [-0.4, -0.2) is 69.2 Å². The highest BCUT2D eigenvalue weighted by molar-refractivity contribution is 5.85. The molecule has 1 aliphatic heterocycles. The Bertz CT molecular complexity index is 1350. The quantitative estimate of drug-likeness (QED) is 0.216. The number of amides is 2. The van der Waals surface area contributed by atoms with E-state index in [1.54, 1.807) is 0 Å². The molecule has 0 bridgehead atoms. The van der Waals surface area contributed by atoms with Gasteiger partial charge in [0.1, 0.15) is 11.2 Å². The lowest BCUT2D eigenvalue weighted by atomic mass is 9.64. The van der Waals surface area contributed by atoms with E-state index in [0.717, 1.165) is 38.1 Å². The van der Waals surface area contributed by atoms with Crippen LogP contribution in [0.3, 0.4) is 0 Å². The number of nitrogens with zero attached hydrogens (tertiary/aromatic N) is 3. The van der Waals surface area contributed by atoms with Crippen LogP contribution in [0.15, 0.2) is 48.7 Å². The second kappa shape index (κ2) is 12.7. The number of hydrogen-bond acceptors (Lipinski definition) is 8. The number of hydrogen-bond donors (Lipinski definition) is 4. The van der Waals surface area contributed by atoms with Crippen molar-refractivity contribution >= 4 is 23.7 Å². The molecule has 1 aromatic heterocycles. The third-order valence-corrected chi connectivity index (χ3v) is 7.16. The van der Waals surface area contributed by atoms with Gasteiger partial charge in [-0.2, -0.15) is 0 Å². The van der Waals surface area contributed by atoms with Crippen molar-refractivity contribution in [3.8, 4) is 11.5 Å². The van der Waals surface area contributed by atoms with Gasteiger partial charge in [-0.05, 0) is 64.9 Å². The fraction of sp³-hybridized carbons (Fsp3) is 0.407. The van der Waals surface area contributed by atoms with E-state index in [0.29, 0.717) is 12.1 Å². The molecule has 2 aliphatic rings. The number of halogens is 1. The number of non-ortho nitro benzene ring substituents is 1. The summed E-state index contributed by atoms with van der Waals surface area (Å²) in [4.78, 5) is 50.6. The average molecular weight is 574 g/mol. The maximum atomic E-state index is 14.1. The van der Waals surface area contributed by atoms with Crippen molar-refractivity contribution in [3.63, 3.8) is 0 Å². The zero-order valence-corrected chi connectivity index (χ0v) is 22.6. The van der Waals surface area contributed by atoms with Gasteiger partial charge in [0, 0.05) is 24.4 Å². The summed E-state index contributed by atoms with van der Waals surface area (Å²) in [6, 6.07) is 5.43. The minimum atomic E-state index is -1.62. The van der Waals surface area contributed by atoms with Crippen LogP contribution in [0.4, 0.5) is 14.9 Å². The van der Waals surface area contributed by atoms with Crippen molar-refractivity contribution in [2.45, 2.75) is 44.1 Å². The number of aromatic nitrogens is 1. The molecule has 220 valence electrons. The predicted molar refractivity (Wildman–Crippen MR) is 144 cm³/mol. The summed E-state index contributed by atoms with van der Waals surface area (Å²) < 4.78 is 19.6. The molecule has 0 spiro atoms. The Labute approximate surface area is 235 Å². The SMILES string of the molecule is CC1(C(=O)O)C=CCC(C(=O)O)(c2cc(Oc3ccc([N+](=O)[O-])cc3F)ccn2)C1.CN1CCC(NC(N)=O)CC1. The number of allylic oxidation sites excluding steroid dienone is 1. The van der Waals surface area contributed by atoms with Crippen LogP contribution in [0, 0.1) is 21.3 Å². The van der Waals surface area contributed by atoms with Crippen LogP contribution in [0.25, 0.3) is 0 Å². The lowest BCUT2D eigenvalue weighted by molar-refractivity contribution is -0.385. The largest absolute Gasteiger partial charge is 0.481 e. The molecule has 5 N–H and O–H groups in total. The van der Waals surface area contributed by atoms with Crippen LogP contribution >= 0.6 is 0 Å². The van der Waals surface area contributed by atoms with Crippen molar-refractivity contribution in [1.29, 1.82) is 0 Å². The second-order valence-corrected chi connectivity index (χ2v) is 10.3. The molecule has 1 saturated heterocycles. The van der Waals surface area contributed by atoms with Crippen LogP contribution in [0.2, 0.25) is 0 Å². The molecule has 4 rings (SSSR count). The number of carboxylic acids is 2. The number of carbonyl (C=O) groups is 3. The molecule has 2 heterocycles. The lowest BCUT2D eigenvalue weighted by Gasteiger charge is -2.37. The first-order valence-corrected chi connectivity index (χ1v) is 12.7. The zero-order chi connectivity index (χ0) is 30.4. The number of benzene rings is 1. The number of ether oxygens (including phenoxy) is 1. The van der Waals surface area contributed by atoms with Crippen molar-refractivity contribution in [3.05, 3.63) is 70.3 Å². The number of piperidine rings is 1. The summed E-state index contributed by atoms with van der Waals surface area (Å²) in [6.07, 6.45) is 6.05. The van der Waals surface area contributed by atoms with E-state index in [1.165, 1.54) is 37.4 Å². The van der Waals surface area contributed by atoms with Crippen LogP contribution < -0.4 is 15.8 Å². The molecule has 2 amide bonds. The van der Waals surface area contributed by atoms with Gasteiger partial charge in [0.05, 0.1) is 22.1 Å². The van der Waals surface area contributed by atoms with Crippen molar-refractivity contribution < 1.29 is 38.6 Å². The molecule has 41 heavy (non-hydrogen) atoms. The summed E-state index contributed by atoms with van der Waals surface area (Å²) in [6.45, 7) is 3.52. The second-order valence-electron chi connectivity index (χ2n) is 10.3. The number of aliphatic carboxylic acids is 2. The molecule has 0 radical (unpaired) electrons. The highest BCUT2D eigenvalue weighted by Crippen LogP contribution is 2.45. The summed E-state index contributed by atoms with van der Waals surface area (Å²) in [5.41, 5.74) is 1.59. The van der Waals surface area contributed by atoms with Gasteiger partial charge < -0.3 is 30.9 Å². The Hall–Kier alpha value is -4.59. The molecule has 1 fully saturated rings. The van der Waals surface area contributed by atoms with Crippen molar-refractivity contribution in [2.24, 2.45) is 11.1 Å². The summed E-state index contributed by atoms with van der Waals surface area (Å²) in [5, 5.41) is 32.9. The average Bonchev–Trinajstić information content (AvgIpc) is 2.91. The molecular formula is C27H32FN5O8. The van der Waals surface area contributed by atoms with Gasteiger partial charge in [0.25, 0.3) is 5.69 Å². The standard InChI is InChI=1S/C20H17FN2O7.C7H15N3O/c1-19(17(24)25)6-2-7-20(11-19,18(26)27)16-10-13(5-8-22-16)30-15-4-3-12(23(28)29)9-14(15)21;1-10-4-2-6(3-5-10)9-7(8)11/h2-6,8-10H,7,11H2,1H3,(H,24,25)(H,26,27);6H,2-5H2,1H3,(H3,8,9,11). The summed E-state index contributed by atoms with van der Waals surface area (Å²) in [5.74, 6) is -3.61. The Morgan fingerprint density at radius 1 is 1.20 bits per heavy atom. The van der Waals surface area contributed by atoms with Gasteiger partial charge in [0.2, 0.25) is 0 Å². The molecule has 13 nitrogen and oxygen atoms in total. The normalized spacial score (nSPS) is 22.6. The number of likely N-dealkylation sites (tertiary alicyclic amines) is 1. The van der Waals surface area contributed by atoms with Gasteiger partial charge in [-0.25, -0.2) is 9.18 Å². The molecule has 1 aromatic carbocycles. The molecule has 0 saturated carbocycles. The van der Waals surface area contributed by atoms with Crippen LogP contribution in [0.5, 0.6) is 11.5 Å². The van der Waals surface area contributed by atoms with Crippen molar-refractivity contribution in [1.82, 2.24) is 15.2 Å². The maximum Gasteiger partial charge on any atom is 0.316 e. The third kappa shape index (κ3) is 7.54.